The van der Waals surface area contributed by atoms with Gasteiger partial charge in [-0.2, -0.15) is 0 Å². The van der Waals surface area contributed by atoms with Crippen LogP contribution in [-0.2, 0) is 14.6 Å². The number of nitrogens with zero attached hydrogens (tertiary/aromatic N) is 1. The van der Waals surface area contributed by atoms with Gasteiger partial charge in [-0.05, 0) is 26.2 Å². The van der Waals surface area contributed by atoms with E-state index in [9.17, 15) is 13.2 Å². The molecule has 1 amide bonds. The number of hydrogen-bond donors (Lipinski definition) is 1. The largest absolute Gasteiger partial charge is 0.323 e. The van der Waals surface area contributed by atoms with Crippen LogP contribution in [0.25, 0.3) is 0 Å². The Morgan fingerprint density at radius 3 is 2.50 bits per heavy atom. The van der Waals surface area contributed by atoms with Crippen molar-refractivity contribution in [2.24, 2.45) is 0 Å². The van der Waals surface area contributed by atoms with Gasteiger partial charge in [-0.1, -0.05) is 13.3 Å². The number of amides is 1. The van der Waals surface area contributed by atoms with Gasteiger partial charge in [-0.15, -0.1) is 0 Å². The zero-order valence-corrected chi connectivity index (χ0v) is 11.9. The zero-order chi connectivity index (χ0) is 13.3. The maximum Gasteiger partial charge on any atom is 0.241 e. The van der Waals surface area contributed by atoms with Crippen LogP contribution in [-0.4, -0.2) is 49.0 Å². The first-order chi connectivity index (χ1) is 8.44. The number of sulfone groups is 1. The van der Waals surface area contributed by atoms with Crippen LogP contribution in [0.15, 0.2) is 0 Å². The number of rotatable bonds is 3. The molecule has 2 atom stereocenters. The Morgan fingerprint density at radius 2 is 1.94 bits per heavy atom. The predicted octanol–water partition coefficient (Wildman–Crippen LogP) is 0.510. The summed E-state index contributed by atoms with van der Waals surface area (Å²) in [6, 6.07) is 0.00825. The van der Waals surface area contributed by atoms with Gasteiger partial charge in [0.25, 0.3) is 0 Å². The molecule has 2 unspecified atom stereocenters. The summed E-state index contributed by atoms with van der Waals surface area (Å²) in [6.07, 6.45) is 3.02. The Hall–Kier alpha value is -0.620. The molecule has 0 aromatic carbocycles. The van der Waals surface area contributed by atoms with Gasteiger partial charge in [-0.3, -0.25) is 10.1 Å². The van der Waals surface area contributed by atoms with Crippen LogP contribution < -0.4 is 5.32 Å². The molecule has 0 aromatic rings. The van der Waals surface area contributed by atoms with Crippen molar-refractivity contribution in [3.8, 4) is 0 Å². The first-order valence-corrected chi connectivity index (χ1v) is 8.55. The Bertz CT molecular complexity index is 407. The van der Waals surface area contributed by atoms with E-state index < -0.39 is 9.84 Å². The SMILES string of the molecule is CCCC1NC(C)N(C2CCS(=O)(=O)CC2)C1=O. The third-order valence-corrected chi connectivity index (χ3v) is 5.62. The van der Waals surface area contributed by atoms with Gasteiger partial charge in [-0.25, -0.2) is 8.42 Å². The van der Waals surface area contributed by atoms with Crippen molar-refractivity contribution in [1.29, 1.82) is 0 Å². The minimum atomic E-state index is -2.86. The summed E-state index contributed by atoms with van der Waals surface area (Å²) in [5.74, 6) is 0.577. The highest BCUT2D eigenvalue weighted by molar-refractivity contribution is 7.91. The average Bonchev–Trinajstić information content (AvgIpc) is 2.56. The standard InChI is InChI=1S/C12H22N2O3S/c1-3-4-11-12(15)14(9(2)13-11)10-5-7-18(16,17)8-6-10/h9-11,13H,3-8H2,1-2H3. The monoisotopic (exact) mass is 274 g/mol. The molecule has 18 heavy (non-hydrogen) atoms. The normalized spacial score (nSPS) is 33.0. The lowest BCUT2D eigenvalue weighted by Gasteiger charge is -2.33. The summed E-state index contributed by atoms with van der Waals surface area (Å²) < 4.78 is 22.8. The molecule has 0 bridgehead atoms. The van der Waals surface area contributed by atoms with E-state index in [0.29, 0.717) is 12.8 Å². The van der Waals surface area contributed by atoms with Crippen LogP contribution >= 0.6 is 0 Å². The van der Waals surface area contributed by atoms with E-state index in [1.807, 2.05) is 11.8 Å². The minimum Gasteiger partial charge on any atom is -0.323 e. The van der Waals surface area contributed by atoms with Crippen LogP contribution in [0, 0.1) is 0 Å². The van der Waals surface area contributed by atoms with E-state index in [1.165, 1.54) is 0 Å². The Balaban J connectivity index is 2.03. The summed E-state index contributed by atoms with van der Waals surface area (Å²) in [5.41, 5.74) is 0. The van der Waals surface area contributed by atoms with Gasteiger partial charge in [0.15, 0.2) is 0 Å². The molecular formula is C12H22N2O3S. The highest BCUT2D eigenvalue weighted by Gasteiger charge is 2.41. The summed E-state index contributed by atoms with van der Waals surface area (Å²) in [7, 11) is -2.86. The second kappa shape index (κ2) is 5.17. The molecule has 2 aliphatic heterocycles. The summed E-state index contributed by atoms with van der Waals surface area (Å²) in [4.78, 5) is 14.2. The maximum absolute atomic E-state index is 12.3. The zero-order valence-electron chi connectivity index (χ0n) is 11.1. The molecular weight excluding hydrogens is 252 g/mol. The highest BCUT2D eigenvalue weighted by Crippen LogP contribution is 2.24. The van der Waals surface area contributed by atoms with Crippen molar-refractivity contribution < 1.29 is 13.2 Å². The molecule has 6 heteroatoms. The quantitative estimate of drug-likeness (QED) is 0.814. The lowest BCUT2D eigenvalue weighted by atomic mass is 10.1. The van der Waals surface area contributed by atoms with Gasteiger partial charge < -0.3 is 4.90 Å². The molecule has 5 nitrogen and oxygen atoms in total. The maximum atomic E-state index is 12.3. The van der Waals surface area contributed by atoms with Crippen molar-refractivity contribution in [3.05, 3.63) is 0 Å². The van der Waals surface area contributed by atoms with Crippen LogP contribution in [0.1, 0.15) is 39.5 Å². The molecule has 0 saturated carbocycles. The van der Waals surface area contributed by atoms with E-state index in [0.717, 1.165) is 12.8 Å². The highest BCUT2D eigenvalue weighted by atomic mass is 32.2. The molecule has 2 rings (SSSR count). The fourth-order valence-corrected chi connectivity index (χ4v) is 4.43. The second-order valence-electron chi connectivity index (χ2n) is 5.31. The number of nitrogens with one attached hydrogen (secondary N) is 1. The molecule has 0 radical (unpaired) electrons. The summed E-state index contributed by atoms with van der Waals surface area (Å²) in [6.45, 7) is 4.05. The molecule has 2 aliphatic rings. The third kappa shape index (κ3) is 2.69. The molecule has 2 saturated heterocycles. The smallest absolute Gasteiger partial charge is 0.241 e. The molecule has 1 N–H and O–H groups in total. The Morgan fingerprint density at radius 1 is 1.33 bits per heavy atom. The summed E-state index contributed by atoms with van der Waals surface area (Å²) in [5, 5.41) is 3.30. The van der Waals surface area contributed by atoms with Crippen LogP contribution in [0.2, 0.25) is 0 Å². The minimum absolute atomic E-state index is 0.0276. The number of carbonyl (C=O) groups excluding carboxylic acids is 1. The van der Waals surface area contributed by atoms with E-state index in [2.05, 4.69) is 12.2 Å². The predicted molar refractivity (Wildman–Crippen MR) is 69.8 cm³/mol. The van der Waals surface area contributed by atoms with Crippen molar-refractivity contribution in [2.45, 2.75) is 57.8 Å². The third-order valence-electron chi connectivity index (χ3n) is 3.91. The lowest BCUT2D eigenvalue weighted by Crippen LogP contribution is -2.46. The average molecular weight is 274 g/mol. The molecule has 2 heterocycles. The van der Waals surface area contributed by atoms with Crippen molar-refractivity contribution in [1.82, 2.24) is 10.2 Å². The fourth-order valence-electron chi connectivity index (χ4n) is 2.96. The second-order valence-corrected chi connectivity index (χ2v) is 7.62. The van der Waals surface area contributed by atoms with Crippen molar-refractivity contribution >= 4 is 15.7 Å². The Labute approximate surface area is 109 Å². The van der Waals surface area contributed by atoms with Gasteiger partial charge in [0.1, 0.15) is 9.84 Å². The van der Waals surface area contributed by atoms with Crippen molar-refractivity contribution in [3.63, 3.8) is 0 Å². The molecule has 2 fully saturated rings. The van der Waals surface area contributed by atoms with Crippen LogP contribution in [0.3, 0.4) is 0 Å². The van der Waals surface area contributed by atoms with Crippen molar-refractivity contribution in [2.75, 3.05) is 11.5 Å². The lowest BCUT2D eigenvalue weighted by molar-refractivity contribution is -0.132. The molecule has 104 valence electrons. The fraction of sp³-hybridized carbons (Fsp3) is 0.917. The van der Waals surface area contributed by atoms with Gasteiger partial charge in [0.05, 0.1) is 23.7 Å². The van der Waals surface area contributed by atoms with Gasteiger partial charge in [0.2, 0.25) is 5.91 Å². The van der Waals surface area contributed by atoms with Crippen LogP contribution in [0.5, 0.6) is 0 Å². The first-order valence-electron chi connectivity index (χ1n) is 6.73. The first kappa shape index (κ1) is 13.8. The van der Waals surface area contributed by atoms with E-state index in [4.69, 9.17) is 0 Å². The molecule has 0 aliphatic carbocycles. The van der Waals surface area contributed by atoms with Crippen LogP contribution in [0.4, 0.5) is 0 Å². The topological polar surface area (TPSA) is 66.5 Å². The van der Waals surface area contributed by atoms with E-state index in [1.54, 1.807) is 0 Å². The Kier molecular flexibility index (Phi) is 3.96. The molecule has 0 aromatic heterocycles. The molecule has 0 spiro atoms. The van der Waals surface area contributed by atoms with E-state index >= 15 is 0 Å². The number of carbonyl (C=O) groups is 1. The van der Waals surface area contributed by atoms with Gasteiger partial charge in [0, 0.05) is 6.04 Å². The van der Waals surface area contributed by atoms with Gasteiger partial charge >= 0.3 is 0 Å². The summed E-state index contributed by atoms with van der Waals surface area (Å²) >= 11 is 0. The van der Waals surface area contributed by atoms with E-state index in [-0.39, 0.29) is 35.7 Å². The number of hydrogen-bond acceptors (Lipinski definition) is 4.